The molecule has 2 aromatic rings. The summed E-state index contributed by atoms with van der Waals surface area (Å²) in [5.74, 6) is -0.820. The molecule has 3 rings (SSSR count). The lowest BCUT2D eigenvalue weighted by Crippen LogP contribution is -2.27. The van der Waals surface area contributed by atoms with E-state index in [1.54, 1.807) is 17.4 Å². The van der Waals surface area contributed by atoms with Crippen molar-refractivity contribution in [3.8, 4) is 0 Å². The van der Waals surface area contributed by atoms with Crippen molar-refractivity contribution in [2.24, 2.45) is 5.92 Å². The molecule has 2 nitrogen and oxygen atoms in total. The molecule has 1 aromatic carbocycles. The summed E-state index contributed by atoms with van der Waals surface area (Å²) in [5, 5.41) is 4.80. The smallest absolute Gasteiger partial charge is 0.355 e. The molecule has 0 radical (unpaired) electrons. The minimum absolute atomic E-state index is 0.150. The summed E-state index contributed by atoms with van der Waals surface area (Å²) in [6, 6.07) is 9.48. The van der Waals surface area contributed by atoms with Crippen molar-refractivity contribution in [3.63, 3.8) is 0 Å². The number of amides is 1. The normalized spacial score (nSPS) is 20.3. The molecule has 1 fully saturated rings. The zero-order chi connectivity index (χ0) is 16.4. The van der Waals surface area contributed by atoms with Gasteiger partial charge in [0.15, 0.2) is 0 Å². The van der Waals surface area contributed by atoms with Crippen LogP contribution in [0.15, 0.2) is 41.8 Å². The maximum atomic E-state index is 13.0. The van der Waals surface area contributed by atoms with Crippen LogP contribution in [0.1, 0.15) is 28.3 Å². The van der Waals surface area contributed by atoms with E-state index in [-0.39, 0.29) is 23.3 Å². The average molecular weight is 339 g/mol. The van der Waals surface area contributed by atoms with E-state index in [1.165, 1.54) is 17.0 Å². The van der Waals surface area contributed by atoms with E-state index in [1.807, 2.05) is 17.5 Å². The Balaban J connectivity index is 1.58. The lowest BCUT2D eigenvalue weighted by molar-refractivity contribution is -0.138. The van der Waals surface area contributed by atoms with Crippen LogP contribution < -0.4 is 5.32 Å². The van der Waals surface area contributed by atoms with Crippen LogP contribution in [0.5, 0.6) is 0 Å². The average Bonchev–Trinajstić information content (AvgIpc) is 3.15. The van der Waals surface area contributed by atoms with E-state index in [4.69, 9.17) is 0 Å². The van der Waals surface area contributed by atoms with Gasteiger partial charge >= 0.3 is 6.18 Å². The maximum absolute atomic E-state index is 13.0. The second-order valence-electron chi connectivity index (χ2n) is 5.65. The number of alkyl halides is 3. The first kappa shape index (κ1) is 16.1. The van der Waals surface area contributed by atoms with E-state index >= 15 is 0 Å². The Hall–Kier alpha value is -1.82. The Bertz CT molecular complexity index is 681. The van der Waals surface area contributed by atoms with Crippen LogP contribution in [-0.4, -0.2) is 12.5 Å². The molecular weight excluding hydrogens is 323 g/mol. The van der Waals surface area contributed by atoms with Crippen molar-refractivity contribution in [2.45, 2.75) is 24.9 Å². The van der Waals surface area contributed by atoms with Crippen molar-refractivity contribution in [1.29, 1.82) is 0 Å². The summed E-state index contributed by atoms with van der Waals surface area (Å²) < 4.78 is 39.1. The van der Waals surface area contributed by atoms with E-state index in [0.717, 1.165) is 12.5 Å². The molecule has 1 amide bonds. The molecule has 23 heavy (non-hydrogen) atoms. The van der Waals surface area contributed by atoms with Crippen LogP contribution in [0.4, 0.5) is 13.2 Å². The Kier molecular flexibility index (Phi) is 4.43. The minimum atomic E-state index is -4.38. The molecule has 122 valence electrons. The molecule has 0 aliphatic heterocycles. The molecule has 0 spiro atoms. The van der Waals surface area contributed by atoms with Gasteiger partial charge in [-0.05, 0) is 41.8 Å². The first-order valence-electron chi connectivity index (χ1n) is 7.43. The topological polar surface area (TPSA) is 29.1 Å². The number of thiophene rings is 1. The van der Waals surface area contributed by atoms with Gasteiger partial charge in [-0.2, -0.15) is 13.2 Å². The van der Waals surface area contributed by atoms with Gasteiger partial charge in [0.25, 0.3) is 0 Å². The third-order valence-corrected chi connectivity index (χ3v) is 4.98. The summed E-state index contributed by atoms with van der Waals surface area (Å²) >= 11 is 1.62. The fraction of sp³-hybridized carbons (Fsp3) is 0.353. The van der Waals surface area contributed by atoms with Crippen LogP contribution >= 0.6 is 11.3 Å². The highest BCUT2D eigenvalue weighted by Crippen LogP contribution is 2.50. The maximum Gasteiger partial charge on any atom is 0.416 e. The SMILES string of the molecule is O=C(NCCc1cccs1)C1CC1c1ccccc1C(F)(F)F. The summed E-state index contributed by atoms with van der Waals surface area (Å²) in [4.78, 5) is 13.3. The summed E-state index contributed by atoms with van der Waals surface area (Å²) in [7, 11) is 0. The molecular formula is C17H16F3NOS. The van der Waals surface area contributed by atoms with Gasteiger partial charge in [-0.1, -0.05) is 24.3 Å². The highest BCUT2D eigenvalue weighted by atomic mass is 32.1. The summed E-state index contributed by atoms with van der Waals surface area (Å²) in [6.07, 6.45) is -3.14. The third kappa shape index (κ3) is 3.75. The quantitative estimate of drug-likeness (QED) is 0.868. The van der Waals surface area contributed by atoms with Gasteiger partial charge in [0.05, 0.1) is 5.56 Å². The Morgan fingerprint density at radius 3 is 2.70 bits per heavy atom. The van der Waals surface area contributed by atoms with Crippen molar-refractivity contribution in [2.75, 3.05) is 6.54 Å². The molecule has 1 heterocycles. The van der Waals surface area contributed by atoms with Gasteiger partial charge in [0.1, 0.15) is 0 Å². The van der Waals surface area contributed by atoms with Crippen molar-refractivity contribution in [3.05, 3.63) is 57.8 Å². The fourth-order valence-corrected chi connectivity index (χ4v) is 3.51. The van der Waals surface area contributed by atoms with Crippen molar-refractivity contribution in [1.82, 2.24) is 5.32 Å². The lowest BCUT2D eigenvalue weighted by Gasteiger charge is -2.12. The number of halogens is 3. The molecule has 6 heteroatoms. The monoisotopic (exact) mass is 339 g/mol. The molecule has 2 atom stereocenters. The van der Waals surface area contributed by atoms with Gasteiger partial charge in [-0.15, -0.1) is 11.3 Å². The predicted octanol–water partition coefficient (Wildman–Crippen LogP) is 4.23. The predicted molar refractivity (Wildman–Crippen MR) is 83.3 cm³/mol. The van der Waals surface area contributed by atoms with Crippen LogP contribution in [0, 0.1) is 5.92 Å². The molecule has 1 aliphatic rings. The number of carbonyl (C=O) groups is 1. The first-order valence-corrected chi connectivity index (χ1v) is 8.31. The van der Waals surface area contributed by atoms with E-state index in [2.05, 4.69) is 5.32 Å². The molecule has 1 N–H and O–H groups in total. The van der Waals surface area contributed by atoms with Gasteiger partial charge < -0.3 is 5.32 Å². The van der Waals surface area contributed by atoms with Crippen LogP contribution in [0.3, 0.4) is 0 Å². The second kappa shape index (κ2) is 6.35. The van der Waals surface area contributed by atoms with Crippen molar-refractivity contribution >= 4 is 17.2 Å². The van der Waals surface area contributed by atoms with E-state index < -0.39 is 11.7 Å². The Morgan fingerprint density at radius 1 is 1.22 bits per heavy atom. The Labute approximate surface area is 136 Å². The summed E-state index contributed by atoms with van der Waals surface area (Å²) in [6.45, 7) is 0.517. The molecule has 1 aliphatic carbocycles. The zero-order valence-corrected chi connectivity index (χ0v) is 13.1. The number of rotatable bonds is 5. The second-order valence-corrected chi connectivity index (χ2v) is 6.69. The number of hydrogen-bond acceptors (Lipinski definition) is 2. The fourth-order valence-electron chi connectivity index (χ4n) is 2.80. The highest BCUT2D eigenvalue weighted by Gasteiger charge is 2.47. The number of hydrogen-bond donors (Lipinski definition) is 1. The zero-order valence-electron chi connectivity index (χ0n) is 12.3. The Morgan fingerprint density at radius 2 is 2.00 bits per heavy atom. The molecule has 0 bridgehead atoms. The molecule has 0 saturated heterocycles. The standard InChI is InChI=1S/C17H16F3NOS/c18-17(19,20)15-6-2-1-5-12(15)13-10-14(13)16(22)21-8-7-11-4-3-9-23-11/h1-6,9,13-14H,7-8,10H2,(H,21,22). The molecule has 1 saturated carbocycles. The van der Waals surface area contributed by atoms with Gasteiger partial charge in [-0.3, -0.25) is 4.79 Å². The number of carbonyl (C=O) groups excluding carboxylic acids is 1. The number of benzene rings is 1. The van der Waals surface area contributed by atoms with Crippen LogP contribution in [0.2, 0.25) is 0 Å². The molecule has 1 aromatic heterocycles. The lowest BCUT2D eigenvalue weighted by atomic mass is 10.0. The van der Waals surface area contributed by atoms with Crippen LogP contribution in [0.25, 0.3) is 0 Å². The minimum Gasteiger partial charge on any atom is -0.355 e. The van der Waals surface area contributed by atoms with Gasteiger partial charge in [-0.25, -0.2) is 0 Å². The first-order chi connectivity index (χ1) is 11.0. The third-order valence-electron chi connectivity index (χ3n) is 4.04. The van der Waals surface area contributed by atoms with Gasteiger partial charge in [0.2, 0.25) is 5.91 Å². The summed E-state index contributed by atoms with van der Waals surface area (Å²) in [5.41, 5.74) is -0.391. The highest BCUT2D eigenvalue weighted by molar-refractivity contribution is 7.09. The largest absolute Gasteiger partial charge is 0.416 e. The van der Waals surface area contributed by atoms with E-state index in [9.17, 15) is 18.0 Å². The van der Waals surface area contributed by atoms with Crippen LogP contribution in [-0.2, 0) is 17.4 Å². The van der Waals surface area contributed by atoms with Gasteiger partial charge in [0, 0.05) is 17.3 Å². The van der Waals surface area contributed by atoms with E-state index in [0.29, 0.717) is 13.0 Å². The molecule has 2 unspecified atom stereocenters. The van der Waals surface area contributed by atoms with Crippen molar-refractivity contribution < 1.29 is 18.0 Å². The number of nitrogens with one attached hydrogen (secondary N) is 1.